The average molecular weight is 228 g/mol. The van der Waals surface area contributed by atoms with Gasteiger partial charge in [0.2, 0.25) is 0 Å². The second kappa shape index (κ2) is 9.26. The Hall–Kier alpha value is -2.30. The third-order valence-electron chi connectivity index (χ3n) is 1.38. The molecule has 86 valence electrons. The van der Waals surface area contributed by atoms with Crippen LogP contribution in [0.3, 0.4) is 0 Å². The summed E-state index contributed by atoms with van der Waals surface area (Å²) in [6.07, 6.45) is 2.81. The van der Waals surface area contributed by atoms with Gasteiger partial charge >= 0.3 is 11.9 Å². The SMILES string of the molecule is O=C=NOC(=O)CCCCC(=O)ON=C=O. The van der Waals surface area contributed by atoms with Crippen molar-refractivity contribution in [2.45, 2.75) is 25.7 Å². The Morgan fingerprint density at radius 2 is 1.25 bits per heavy atom. The van der Waals surface area contributed by atoms with Crippen LogP contribution in [0.1, 0.15) is 25.7 Å². The molecule has 0 aromatic carbocycles. The lowest BCUT2D eigenvalue weighted by molar-refractivity contribution is -0.145. The van der Waals surface area contributed by atoms with E-state index in [0.29, 0.717) is 12.8 Å². The maximum absolute atomic E-state index is 10.7. The largest absolute Gasteiger partial charge is 0.336 e. The molecule has 0 N–H and O–H groups in total. The van der Waals surface area contributed by atoms with Crippen molar-refractivity contribution in [3.63, 3.8) is 0 Å². The maximum Gasteiger partial charge on any atom is 0.336 e. The Morgan fingerprint density at radius 1 is 0.875 bits per heavy atom. The molecular formula is C8H8N2O6. The van der Waals surface area contributed by atoms with E-state index in [4.69, 9.17) is 0 Å². The summed E-state index contributed by atoms with van der Waals surface area (Å²) in [6.45, 7) is 0. The topological polar surface area (TPSA) is 111 Å². The van der Waals surface area contributed by atoms with Gasteiger partial charge in [0.15, 0.2) is 0 Å². The molecule has 8 nitrogen and oxygen atoms in total. The summed E-state index contributed by atoms with van der Waals surface area (Å²) >= 11 is 0. The third kappa shape index (κ3) is 8.31. The van der Waals surface area contributed by atoms with Gasteiger partial charge in [-0.15, -0.1) is 0 Å². The molecule has 8 heteroatoms. The highest BCUT2D eigenvalue weighted by atomic mass is 16.7. The van der Waals surface area contributed by atoms with E-state index < -0.39 is 11.9 Å². The van der Waals surface area contributed by atoms with Crippen LogP contribution in [0.25, 0.3) is 0 Å². The van der Waals surface area contributed by atoms with E-state index in [2.05, 4.69) is 20.0 Å². The molecule has 0 saturated heterocycles. The minimum atomic E-state index is -0.692. The molecule has 0 aromatic heterocycles. The first kappa shape index (κ1) is 13.7. The van der Waals surface area contributed by atoms with Crippen molar-refractivity contribution in [1.29, 1.82) is 0 Å². The van der Waals surface area contributed by atoms with Crippen LogP contribution < -0.4 is 0 Å². The van der Waals surface area contributed by atoms with E-state index in [-0.39, 0.29) is 12.8 Å². The van der Waals surface area contributed by atoms with Crippen LogP contribution in [-0.4, -0.2) is 24.1 Å². The van der Waals surface area contributed by atoms with Gasteiger partial charge in [-0.2, -0.15) is 0 Å². The molecule has 0 aromatic rings. The van der Waals surface area contributed by atoms with Gasteiger partial charge in [0.05, 0.1) is 0 Å². The number of unbranched alkanes of at least 4 members (excludes halogenated alkanes) is 1. The number of rotatable bonds is 7. The molecule has 0 amide bonds. The van der Waals surface area contributed by atoms with Gasteiger partial charge in [-0.25, -0.2) is 19.2 Å². The van der Waals surface area contributed by atoms with Gasteiger partial charge in [-0.3, -0.25) is 0 Å². The van der Waals surface area contributed by atoms with Crippen molar-refractivity contribution in [3.8, 4) is 0 Å². The summed E-state index contributed by atoms with van der Waals surface area (Å²) in [6, 6.07) is 0. The molecule has 0 radical (unpaired) electrons. The van der Waals surface area contributed by atoms with E-state index in [1.165, 1.54) is 0 Å². The van der Waals surface area contributed by atoms with Gasteiger partial charge in [-0.05, 0) is 12.8 Å². The highest BCUT2D eigenvalue weighted by molar-refractivity contribution is 5.70. The quantitative estimate of drug-likeness (QED) is 0.201. The fraction of sp³-hybridized carbons (Fsp3) is 0.500. The molecule has 0 atom stereocenters. The Kier molecular flexibility index (Phi) is 7.93. The van der Waals surface area contributed by atoms with Crippen molar-refractivity contribution in [3.05, 3.63) is 0 Å². The molecule has 0 aliphatic heterocycles. The normalized spacial score (nSPS) is 8.25. The molecule has 0 unspecified atom stereocenters. The van der Waals surface area contributed by atoms with Gasteiger partial charge in [-0.1, -0.05) is 0 Å². The first-order chi connectivity index (χ1) is 7.70. The summed E-state index contributed by atoms with van der Waals surface area (Å²) in [4.78, 5) is 48.7. The van der Waals surface area contributed by atoms with Crippen molar-refractivity contribution >= 4 is 24.1 Å². The van der Waals surface area contributed by atoms with Crippen molar-refractivity contribution < 1.29 is 28.9 Å². The van der Waals surface area contributed by atoms with Gasteiger partial charge in [0, 0.05) is 23.2 Å². The monoisotopic (exact) mass is 228 g/mol. The van der Waals surface area contributed by atoms with Crippen molar-refractivity contribution in [2.75, 3.05) is 0 Å². The summed E-state index contributed by atoms with van der Waals surface area (Å²) in [5.41, 5.74) is 0. The maximum atomic E-state index is 10.7. The minimum Gasteiger partial charge on any atom is -0.307 e. The van der Waals surface area contributed by atoms with E-state index in [9.17, 15) is 19.2 Å². The number of nitrogens with zero attached hydrogens (tertiary/aromatic N) is 2. The average Bonchev–Trinajstić information content (AvgIpc) is 2.29. The number of isocyanates is 2. The minimum absolute atomic E-state index is 0.00933. The first-order valence-electron chi connectivity index (χ1n) is 4.24. The van der Waals surface area contributed by atoms with Crippen molar-refractivity contribution in [2.24, 2.45) is 10.3 Å². The molecule has 0 rings (SSSR count). The molecule has 0 heterocycles. The second-order valence-electron chi connectivity index (χ2n) is 2.50. The molecule has 0 aliphatic carbocycles. The van der Waals surface area contributed by atoms with Crippen molar-refractivity contribution in [1.82, 2.24) is 0 Å². The third-order valence-corrected chi connectivity index (χ3v) is 1.38. The molecule has 0 saturated carbocycles. The Morgan fingerprint density at radius 3 is 1.56 bits per heavy atom. The van der Waals surface area contributed by atoms with Gasteiger partial charge < -0.3 is 9.68 Å². The fourth-order valence-corrected chi connectivity index (χ4v) is 0.769. The number of carbonyl (C=O) groups is 2. The summed E-state index contributed by atoms with van der Waals surface area (Å²) in [5.74, 6) is -1.38. The zero-order chi connectivity index (χ0) is 12.2. The Labute approximate surface area is 89.9 Å². The summed E-state index contributed by atoms with van der Waals surface area (Å²) in [5, 5.41) is 5.24. The molecule has 0 fully saturated rings. The zero-order valence-corrected chi connectivity index (χ0v) is 8.17. The second-order valence-corrected chi connectivity index (χ2v) is 2.50. The van der Waals surface area contributed by atoms with Crippen LogP contribution in [-0.2, 0) is 28.9 Å². The fourth-order valence-electron chi connectivity index (χ4n) is 0.769. The molecule has 0 spiro atoms. The summed E-state index contributed by atoms with van der Waals surface area (Å²) < 4.78 is 0. The zero-order valence-electron chi connectivity index (χ0n) is 8.17. The van der Waals surface area contributed by atoms with Gasteiger partial charge in [0.1, 0.15) is 0 Å². The van der Waals surface area contributed by atoms with Crippen LogP contribution in [0.4, 0.5) is 0 Å². The van der Waals surface area contributed by atoms with E-state index in [1.807, 2.05) is 0 Å². The van der Waals surface area contributed by atoms with E-state index in [1.54, 1.807) is 0 Å². The van der Waals surface area contributed by atoms with Crippen LogP contribution in [0.15, 0.2) is 10.3 Å². The predicted octanol–water partition coefficient (Wildman–Crippen LogP) is 0.135. The number of hydrogen-bond acceptors (Lipinski definition) is 8. The molecular weight excluding hydrogens is 220 g/mol. The van der Waals surface area contributed by atoms with Crippen LogP contribution in [0, 0.1) is 0 Å². The van der Waals surface area contributed by atoms with E-state index >= 15 is 0 Å². The lowest BCUT2D eigenvalue weighted by Crippen LogP contribution is -2.02. The number of carbonyl (C=O) groups excluding carboxylic acids is 4. The number of hydrogen-bond donors (Lipinski definition) is 0. The van der Waals surface area contributed by atoms with Crippen LogP contribution in [0.2, 0.25) is 0 Å². The Balaban J connectivity index is 3.52. The Bertz CT molecular complexity index is 306. The smallest absolute Gasteiger partial charge is 0.307 e. The van der Waals surface area contributed by atoms with Gasteiger partial charge in [0.25, 0.3) is 12.2 Å². The van der Waals surface area contributed by atoms with E-state index in [0.717, 1.165) is 12.2 Å². The van der Waals surface area contributed by atoms with Crippen LogP contribution in [0.5, 0.6) is 0 Å². The first-order valence-corrected chi connectivity index (χ1v) is 4.24. The summed E-state index contributed by atoms with van der Waals surface area (Å²) in [7, 11) is 0. The lowest BCUT2D eigenvalue weighted by atomic mass is 10.2. The van der Waals surface area contributed by atoms with Crippen LogP contribution >= 0.6 is 0 Å². The predicted molar refractivity (Wildman–Crippen MR) is 46.9 cm³/mol. The highest BCUT2D eigenvalue weighted by Crippen LogP contribution is 2.02. The highest BCUT2D eigenvalue weighted by Gasteiger charge is 2.05. The lowest BCUT2D eigenvalue weighted by Gasteiger charge is -1.96. The standard InChI is InChI=1S/C8H8N2O6/c11-5-9-15-7(13)3-1-2-4-8(14)16-10-6-12/h1-4H2. The molecule has 0 bridgehead atoms. The molecule has 16 heavy (non-hydrogen) atoms. The molecule has 0 aliphatic rings.